The number of rotatable bonds is 7. The molecule has 1 aliphatic rings. The number of aryl methyl sites for hydroxylation is 1. The highest BCUT2D eigenvalue weighted by atomic mass is 32.1. The second kappa shape index (κ2) is 9.43. The first kappa shape index (κ1) is 23.1. The van der Waals surface area contributed by atoms with Crippen LogP contribution >= 0.6 is 11.3 Å². The second-order valence-electron chi connectivity index (χ2n) is 8.05. The average Bonchev–Trinajstić information content (AvgIpc) is 3.38. The number of carbonyl (C=O) groups is 1. The lowest BCUT2D eigenvalue weighted by atomic mass is 10.1. The third-order valence-corrected chi connectivity index (χ3v) is 6.40. The summed E-state index contributed by atoms with van der Waals surface area (Å²) in [5.74, 6) is -1.05. The Bertz CT molecular complexity index is 1140. The predicted molar refractivity (Wildman–Crippen MR) is 121 cm³/mol. The summed E-state index contributed by atoms with van der Waals surface area (Å²) in [5.41, 5.74) is 1.65. The van der Waals surface area contributed by atoms with Gasteiger partial charge in [0.25, 0.3) is 0 Å². The van der Waals surface area contributed by atoms with Crippen LogP contribution in [0.5, 0.6) is 5.75 Å². The van der Waals surface area contributed by atoms with E-state index in [2.05, 4.69) is 10.3 Å². The van der Waals surface area contributed by atoms with E-state index >= 15 is 0 Å². The van der Waals surface area contributed by atoms with Gasteiger partial charge < -0.3 is 15.2 Å². The lowest BCUT2D eigenvalue weighted by Gasteiger charge is -2.19. The Balaban J connectivity index is 1.54. The van der Waals surface area contributed by atoms with E-state index in [1.54, 1.807) is 30.3 Å². The molecule has 1 saturated carbocycles. The van der Waals surface area contributed by atoms with Gasteiger partial charge >= 0.3 is 12.1 Å². The maximum atomic E-state index is 13.7. The number of benzene rings is 2. The molecule has 0 amide bonds. The normalized spacial score (nSPS) is 14.4. The summed E-state index contributed by atoms with van der Waals surface area (Å²) in [6.45, 7) is 1.88. The zero-order valence-electron chi connectivity index (χ0n) is 17.9. The lowest BCUT2D eigenvalue weighted by molar-refractivity contribution is -0.139. The van der Waals surface area contributed by atoms with Crippen LogP contribution < -0.4 is 10.1 Å². The standard InChI is InChI=1S/C24H23F3N2O3S/c1-14-22(16-8-6-15(7-9-16)12-21(30)31)29-23(33-14)28-17-10-11-20(19(13-17)24(25,26)27)32-18-4-2-3-5-18/h6-11,13,18H,2-5,12H2,1H3,(H,28,29)(H,30,31). The molecule has 4 rings (SSSR count). The summed E-state index contributed by atoms with van der Waals surface area (Å²) in [6.07, 6.45) is -1.28. The van der Waals surface area contributed by atoms with Gasteiger partial charge in [0.2, 0.25) is 0 Å². The number of halogens is 3. The van der Waals surface area contributed by atoms with Gasteiger partial charge in [-0.25, -0.2) is 4.98 Å². The van der Waals surface area contributed by atoms with Gasteiger partial charge in [0, 0.05) is 16.1 Å². The molecule has 33 heavy (non-hydrogen) atoms. The minimum atomic E-state index is -4.53. The van der Waals surface area contributed by atoms with E-state index in [4.69, 9.17) is 9.84 Å². The number of anilines is 2. The Hall–Kier alpha value is -3.07. The number of hydrogen-bond donors (Lipinski definition) is 2. The molecule has 0 radical (unpaired) electrons. The van der Waals surface area contributed by atoms with E-state index in [-0.39, 0.29) is 24.0 Å². The first-order valence-electron chi connectivity index (χ1n) is 10.6. The number of alkyl halides is 3. The smallest absolute Gasteiger partial charge is 0.420 e. The second-order valence-corrected chi connectivity index (χ2v) is 9.25. The molecule has 3 aromatic rings. The van der Waals surface area contributed by atoms with Crippen LogP contribution in [-0.4, -0.2) is 22.2 Å². The van der Waals surface area contributed by atoms with Crippen LogP contribution in [0.4, 0.5) is 24.0 Å². The van der Waals surface area contributed by atoms with Gasteiger partial charge in [-0.2, -0.15) is 13.2 Å². The van der Waals surface area contributed by atoms with Crippen molar-refractivity contribution in [1.82, 2.24) is 4.98 Å². The maximum Gasteiger partial charge on any atom is 0.420 e. The lowest BCUT2D eigenvalue weighted by Crippen LogP contribution is -2.15. The number of aromatic nitrogens is 1. The first-order valence-corrected chi connectivity index (χ1v) is 11.4. The van der Waals surface area contributed by atoms with Crippen molar-refractivity contribution >= 4 is 28.1 Å². The third-order valence-electron chi connectivity index (χ3n) is 5.51. The Morgan fingerprint density at radius 3 is 2.52 bits per heavy atom. The van der Waals surface area contributed by atoms with Crippen LogP contribution in [0, 0.1) is 6.92 Å². The number of carboxylic acid groups (broad SMARTS) is 1. The van der Waals surface area contributed by atoms with E-state index in [1.165, 1.54) is 17.4 Å². The fourth-order valence-corrected chi connectivity index (χ4v) is 4.77. The summed E-state index contributed by atoms with van der Waals surface area (Å²) in [6, 6.07) is 11.0. The zero-order valence-corrected chi connectivity index (χ0v) is 18.7. The van der Waals surface area contributed by atoms with Gasteiger partial charge in [0.15, 0.2) is 5.13 Å². The third kappa shape index (κ3) is 5.65. The highest BCUT2D eigenvalue weighted by Crippen LogP contribution is 2.40. The molecule has 0 unspecified atom stereocenters. The predicted octanol–water partition coefficient (Wildman–Crippen LogP) is 6.83. The van der Waals surface area contributed by atoms with Crippen LogP contribution in [-0.2, 0) is 17.4 Å². The molecule has 2 aromatic carbocycles. The molecule has 0 atom stereocenters. The van der Waals surface area contributed by atoms with Crippen LogP contribution in [0.3, 0.4) is 0 Å². The molecular weight excluding hydrogens is 453 g/mol. The van der Waals surface area contributed by atoms with Crippen LogP contribution in [0.2, 0.25) is 0 Å². The first-order chi connectivity index (χ1) is 15.7. The SMILES string of the molecule is Cc1sc(Nc2ccc(OC3CCCC3)c(C(F)(F)F)c2)nc1-c1ccc(CC(=O)O)cc1. The van der Waals surface area contributed by atoms with Crippen LogP contribution in [0.15, 0.2) is 42.5 Å². The fraction of sp³-hybridized carbons (Fsp3) is 0.333. The van der Waals surface area contributed by atoms with Crippen molar-refractivity contribution in [2.75, 3.05) is 5.32 Å². The number of aliphatic carboxylic acids is 1. The van der Waals surface area contributed by atoms with Crippen molar-refractivity contribution in [3.8, 4) is 17.0 Å². The number of hydrogen-bond acceptors (Lipinski definition) is 5. The number of nitrogens with zero attached hydrogens (tertiary/aromatic N) is 1. The highest BCUT2D eigenvalue weighted by Gasteiger charge is 2.35. The Labute approximate surface area is 193 Å². The molecule has 1 aromatic heterocycles. The van der Waals surface area contributed by atoms with Gasteiger partial charge in [-0.05, 0) is 56.4 Å². The molecule has 0 aliphatic heterocycles. The number of carboxylic acids is 1. The van der Waals surface area contributed by atoms with Crippen molar-refractivity contribution < 1.29 is 27.8 Å². The van der Waals surface area contributed by atoms with Crippen LogP contribution in [0.1, 0.15) is 41.7 Å². The van der Waals surface area contributed by atoms with Gasteiger partial charge in [-0.3, -0.25) is 4.79 Å². The van der Waals surface area contributed by atoms with Crippen molar-refractivity contribution in [2.45, 2.75) is 51.3 Å². The number of ether oxygens (including phenoxy) is 1. The fourth-order valence-electron chi connectivity index (χ4n) is 3.91. The molecule has 9 heteroatoms. The molecule has 0 saturated heterocycles. The largest absolute Gasteiger partial charge is 0.490 e. The van der Waals surface area contributed by atoms with Gasteiger partial charge in [-0.15, -0.1) is 11.3 Å². The van der Waals surface area contributed by atoms with Gasteiger partial charge in [0.05, 0.1) is 23.8 Å². The number of thiazole rings is 1. The van der Waals surface area contributed by atoms with Crippen LogP contribution in [0.25, 0.3) is 11.3 Å². The Morgan fingerprint density at radius 1 is 1.18 bits per heavy atom. The van der Waals surface area contributed by atoms with Crippen molar-refractivity contribution in [2.24, 2.45) is 0 Å². The molecule has 1 aliphatic carbocycles. The quantitative estimate of drug-likeness (QED) is 0.391. The monoisotopic (exact) mass is 476 g/mol. The van der Waals surface area contributed by atoms with E-state index in [0.717, 1.165) is 42.2 Å². The average molecular weight is 477 g/mol. The molecule has 174 valence electrons. The van der Waals surface area contributed by atoms with E-state index in [1.807, 2.05) is 6.92 Å². The Morgan fingerprint density at radius 2 is 1.88 bits per heavy atom. The van der Waals surface area contributed by atoms with E-state index < -0.39 is 17.7 Å². The molecule has 1 heterocycles. The minimum Gasteiger partial charge on any atom is -0.490 e. The summed E-state index contributed by atoms with van der Waals surface area (Å²) >= 11 is 1.33. The van der Waals surface area contributed by atoms with E-state index in [9.17, 15) is 18.0 Å². The van der Waals surface area contributed by atoms with Crippen molar-refractivity contribution in [1.29, 1.82) is 0 Å². The highest BCUT2D eigenvalue weighted by molar-refractivity contribution is 7.16. The molecule has 0 spiro atoms. The van der Waals surface area contributed by atoms with Crippen molar-refractivity contribution in [3.05, 3.63) is 58.5 Å². The summed E-state index contributed by atoms with van der Waals surface area (Å²) in [5, 5.41) is 12.3. The van der Waals surface area contributed by atoms with Gasteiger partial charge in [-0.1, -0.05) is 24.3 Å². The molecule has 1 fully saturated rings. The minimum absolute atomic E-state index is 0.0644. The maximum absolute atomic E-state index is 13.7. The summed E-state index contributed by atoms with van der Waals surface area (Å²) < 4.78 is 46.7. The molecule has 2 N–H and O–H groups in total. The molecule has 5 nitrogen and oxygen atoms in total. The summed E-state index contributed by atoms with van der Waals surface area (Å²) in [4.78, 5) is 16.3. The van der Waals surface area contributed by atoms with E-state index in [0.29, 0.717) is 16.4 Å². The van der Waals surface area contributed by atoms with Crippen molar-refractivity contribution in [3.63, 3.8) is 0 Å². The van der Waals surface area contributed by atoms with Gasteiger partial charge in [0.1, 0.15) is 5.75 Å². The summed E-state index contributed by atoms with van der Waals surface area (Å²) in [7, 11) is 0. The molecule has 0 bridgehead atoms. The zero-order chi connectivity index (χ0) is 23.6. The molecular formula is C24H23F3N2O3S. The Kier molecular flexibility index (Phi) is 6.60. The number of nitrogens with one attached hydrogen (secondary N) is 1. The topological polar surface area (TPSA) is 71.5 Å².